The minimum atomic E-state index is -0.577. The van der Waals surface area contributed by atoms with Crippen molar-refractivity contribution in [2.45, 2.75) is 69.9 Å². The molecule has 0 radical (unpaired) electrons. The molecule has 1 saturated heterocycles. The Kier molecular flexibility index (Phi) is 8.64. The second kappa shape index (κ2) is 11.6. The van der Waals surface area contributed by atoms with Crippen molar-refractivity contribution in [3.8, 4) is 5.75 Å². The SMILES string of the molecule is CC/C=C/C=C\C(=O)N/C=C/CC1CC2C[C@H](O)C[C@H](Cc3cccc(O)c3C(=O)O1)O2. The Bertz CT molecular complexity index is 890. The number of nitrogens with one attached hydrogen (secondary N) is 1. The molecule has 1 amide bonds. The van der Waals surface area contributed by atoms with Crippen molar-refractivity contribution in [1.29, 1.82) is 0 Å². The molecule has 2 aliphatic rings. The highest BCUT2D eigenvalue weighted by Gasteiger charge is 2.34. The first-order valence-electron chi connectivity index (χ1n) is 11.1. The number of phenols is 1. The number of cyclic esters (lactones) is 1. The molecule has 0 aliphatic carbocycles. The van der Waals surface area contributed by atoms with E-state index in [9.17, 15) is 19.8 Å². The van der Waals surface area contributed by atoms with Crippen LogP contribution in [-0.2, 0) is 20.7 Å². The Balaban J connectivity index is 1.70. The van der Waals surface area contributed by atoms with Crippen LogP contribution in [0.25, 0.3) is 0 Å². The lowest BCUT2D eigenvalue weighted by molar-refractivity contribution is -0.115. The van der Waals surface area contributed by atoms with E-state index < -0.39 is 18.2 Å². The Morgan fingerprint density at radius 1 is 1.19 bits per heavy atom. The molecule has 1 fully saturated rings. The summed E-state index contributed by atoms with van der Waals surface area (Å²) in [5.74, 6) is -0.969. The van der Waals surface area contributed by atoms with Gasteiger partial charge in [0.2, 0.25) is 5.91 Å². The number of carbonyl (C=O) groups excluding carboxylic acids is 2. The maximum Gasteiger partial charge on any atom is 0.342 e. The number of benzene rings is 1. The fraction of sp³-hybridized carbons (Fsp3) is 0.440. The van der Waals surface area contributed by atoms with Gasteiger partial charge in [0.1, 0.15) is 17.4 Å². The Labute approximate surface area is 188 Å². The number of phenolic OH excluding ortho intramolecular Hbond substituents is 1. The average molecular weight is 442 g/mol. The number of amides is 1. The molecule has 1 aromatic rings. The highest BCUT2D eigenvalue weighted by atomic mass is 16.5. The summed E-state index contributed by atoms with van der Waals surface area (Å²) in [6.45, 7) is 2.01. The second-order valence-corrected chi connectivity index (χ2v) is 8.13. The summed E-state index contributed by atoms with van der Waals surface area (Å²) in [7, 11) is 0. The van der Waals surface area contributed by atoms with Crippen molar-refractivity contribution >= 4 is 11.9 Å². The van der Waals surface area contributed by atoms with Crippen LogP contribution in [0.2, 0.25) is 0 Å². The lowest BCUT2D eigenvalue weighted by Gasteiger charge is -2.36. The van der Waals surface area contributed by atoms with E-state index in [1.165, 1.54) is 18.3 Å². The number of aliphatic hydroxyl groups is 1. The highest BCUT2D eigenvalue weighted by Crippen LogP contribution is 2.32. The van der Waals surface area contributed by atoms with Gasteiger partial charge in [-0.2, -0.15) is 0 Å². The molecule has 0 saturated carbocycles. The van der Waals surface area contributed by atoms with Gasteiger partial charge in [0.15, 0.2) is 0 Å². The number of aromatic hydroxyl groups is 1. The van der Waals surface area contributed by atoms with Crippen molar-refractivity contribution in [3.63, 3.8) is 0 Å². The molecule has 3 rings (SSSR count). The zero-order valence-corrected chi connectivity index (χ0v) is 18.3. The number of allylic oxidation sites excluding steroid dienone is 3. The molecule has 32 heavy (non-hydrogen) atoms. The lowest BCUT2D eigenvalue weighted by Crippen LogP contribution is -2.40. The Morgan fingerprint density at radius 3 is 2.81 bits per heavy atom. The predicted molar refractivity (Wildman–Crippen MR) is 120 cm³/mol. The zero-order valence-electron chi connectivity index (χ0n) is 18.3. The summed E-state index contributed by atoms with van der Waals surface area (Å²) >= 11 is 0. The number of hydrogen-bond donors (Lipinski definition) is 3. The molecular formula is C25H31NO6. The molecule has 1 aromatic carbocycles. The molecule has 2 bridgehead atoms. The van der Waals surface area contributed by atoms with Gasteiger partial charge in [-0.3, -0.25) is 4.79 Å². The Morgan fingerprint density at radius 2 is 2.00 bits per heavy atom. The first-order valence-corrected chi connectivity index (χ1v) is 11.1. The predicted octanol–water partition coefficient (Wildman–Crippen LogP) is 3.31. The van der Waals surface area contributed by atoms with Crippen LogP contribution in [0.15, 0.2) is 54.8 Å². The van der Waals surface area contributed by atoms with E-state index >= 15 is 0 Å². The number of fused-ring (bicyclic) bond motifs is 3. The van der Waals surface area contributed by atoms with Gasteiger partial charge in [0.25, 0.3) is 0 Å². The standard InChI is InChI=1S/C25H31NO6/c1-2-3-4-5-11-23(29)26-12-7-9-19-16-21-15-18(27)14-20(31-21)13-17-8-6-10-22(28)24(17)25(30)32-19/h3-8,10-12,18-21,27-28H,2,9,13-16H2,1H3,(H,26,29)/b4-3+,11-5-,12-7+/t18-,19?,20+,21?/m1/s1. The molecule has 2 heterocycles. The average Bonchev–Trinajstić information content (AvgIpc) is 2.73. The number of rotatable bonds is 6. The van der Waals surface area contributed by atoms with Crippen LogP contribution in [0.5, 0.6) is 5.75 Å². The van der Waals surface area contributed by atoms with Crippen LogP contribution in [-0.4, -0.2) is 46.5 Å². The summed E-state index contributed by atoms with van der Waals surface area (Å²) in [5, 5.41) is 23.2. The van der Waals surface area contributed by atoms with Crippen LogP contribution in [0, 0.1) is 0 Å². The molecule has 0 spiro atoms. The van der Waals surface area contributed by atoms with Crippen molar-refractivity contribution in [2.75, 3.05) is 0 Å². The number of ether oxygens (including phenoxy) is 2. The zero-order chi connectivity index (χ0) is 22.9. The largest absolute Gasteiger partial charge is 0.507 e. The van der Waals surface area contributed by atoms with E-state index in [0.29, 0.717) is 37.7 Å². The number of aliphatic hydroxyl groups excluding tert-OH is 1. The van der Waals surface area contributed by atoms with Gasteiger partial charge in [-0.25, -0.2) is 4.79 Å². The third kappa shape index (κ3) is 6.80. The molecular weight excluding hydrogens is 410 g/mol. The van der Waals surface area contributed by atoms with E-state index in [4.69, 9.17) is 9.47 Å². The summed E-state index contributed by atoms with van der Waals surface area (Å²) in [6.07, 6.45) is 11.7. The molecule has 2 aliphatic heterocycles. The van der Waals surface area contributed by atoms with Crippen LogP contribution in [0.3, 0.4) is 0 Å². The van der Waals surface area contributed by atoms with Gasteiger partial charge < -0.3 is 25.0 Å². The van der Waals surface area contributed by atoms with Gasteiger partial charge in [0.05, 0.1) is 18.3 Å². The van der Waals surface area contributed by atoms with Gasteiger partial charge in [-0.15, -0.1) is 0 Å². The maximum atomic E-state index is 12.9. The van der Waals surface area contributed by atoms with E-state index in [1.54, 1.807) is 24.3 Å². The molecule has 2 unspecified atom stereocenters. The topological polar surface area (TPSA) is 105 Å². The first kappa shape index (κ1) is 23.8. The quantitative estimate of drug-likeness (QED) is 0.355. The van der Waals surface area contributed by atoms with E-state index in [1.807, 2.05) is 19.1 Å². The minimum Gasteiger partial charge on any atom is -0.507 e. The van der Waals surface area contributed by atoms with Crippen LogP contribution >= 0.6 is 0 Å². The maximum absolute atomic E-state index is 12.9. The molecule has 4 atom stereocenters. The van der Waals surface area contributed by atoms with E-state index in [2.05, 4.69) is 5.32 Å². The van der Waals surface area contributed by atoms with E-state index in [-0.39, 0.29) is 29.4 Å². The van der Waals surface area contributed by atoms with Crippen molar-refractivity contribution < 1.29 is 29.3 Å². The fourth-order valence-corrected chi connectivity index (χ4v) is 4.07. The number of hydrogen-bond acceptors (Lipinski definition) is 6. The van der Waals surface area contributed by atoms with Crippen molar-refractivity contribution in [2.24, 2.45) is 0 Å². The molecule has 7 heteroatoms. The highest BCUT2D eigenvalue weighted by molar-refractivity contribution is 5.94. The third-order valence-corrected chi connectivity index (χ3v) is 5.51. The normalized spacial score (nSPS) is 26.2. The van der Waals surface area contributed by atoms with Crippen LogP contribution in [0.1, 0.15) is 54.9 Å². The lowest BCUT2D eigenvalue weighted by atomic mass is 9.91. The summed E-state index contributed by atoms with van der Waals surface area (Å²) in [5.41, 5.74) is 0.780. The van der Waals surface area contributed by atoms with Crippen molar-refractivity contribution in [3.05, 3.63) is 65.9 Å². The first-order chi connectivity index (χ1) is 15.5. The number of esters is 1. The molecule has 0 aromatic heterocycles. The van der Waals surface area contributed by atoms with Gasteiger partial charge in [-0.05, 0) is 37.3 Å². The summed E-state index contributed by atoms with van der Waals surface area (Å²) < 4.78 is 11.9. The minimum absolute atomic E-state index is 0.133. The molecule has 3 N–H and O–H groups in total. The fourth-order valence-electron chi connectivity index (χ4n) is 4.07. The molecule has 172 valence electrons. The monoisotopic (exact) mass is 441 g/mol. The van der Waals surface area contributed by atoms with Gasteiger partial charge >= 0.3 is 5.97 Å². The van der Waals surface area contributed by atoms with Crippen molar-refractivity contribution in [1.82, 2.24) is 5.32 Å². The van der Waals surface area contributed by atoms with Gasteiger partial charge in [0, 0.05) is 25.1 Å². The molecule has 7 nitrogen and oxygen atoms in total. The third-order valence-electron chi connectivity index (χ3n) is 5.51. The van der Waals surface area contributed by atoms with Crippen LogP contribution in [0.4, 0.5) is 0 Å². The van der Waals surface area contributed by atoms with E-state index in [0.717, 1.165) is 6.42 Å². The number of carbonyl (C=O) groups is 2. The summed E-state index contributed by atoms with van der Waals surface area (Å²) in [4.78, 5) is 24.7. The second-order valence-electron chi connectivity index (χ2n) is 8.13. The smallest absolute Gasteiger partial charge is 0.342 e. The summed E-state index contributed by atoms with van der Waals surface area (Å²) in [6, 6.07) is 4.91. The van der Waals surface area contributed by atoms with Crippen LogP contribution < -0.4 is 5.32 Å². The van der Waals surface area contributed by atoms with Gasteiger partial charge in [-0.1, -0.05) is 43.4 Å². The Hall–Kier alpha value is -2.90.